The number of para-hydroxylation sites is 1. The second-order valence-electron chi connectivity index (χ2n) is 5.62. The van der Waals surface area contributed by atoms with Crippen molar-refractivity contribution in [2.45, 2.75) is 26.6 Å². The monoisotopic (exact) mass is 489 g/mol. The zero-order valence-electron chi connectivity index (χ0n) is 15.5. The molecule has 0 radical (unpaired) electrons. The molecule has 2 rings (SSSR count). The van der Waals surface area contributed by atoms with Crippen molar-refractivity contribution in [2.75, 3.05) is 25.6 Å². The summed E-state index contributed by atoms with van der Waals surface area (Å²) in [4.78, 5) is 0. The Labute approximate surface area is 169 Å². The number of halogens is 1. The highest BCUT2D eigenvalue weighted by atomic mass is 127. The third kappa shape index (κ3) is 5.00. The van der Waals surface area contributed by atoms with Crippen molar-refractivity contribution in [2.24, 2.45) is 0 Å². The van der Waals surface area contributed by atoms with Crippen LogP contribution in [-0.2, 0) is 13.6 Å². The SMILES string of the molecule is CCOP(=O)(OCC)C(Nc1ccc(I)cc1C)c1ccccc1OC. The van der Waals surface area contributed by atoms with Crippen LogP contribution < -0.4 is 10.1 Å². The first kappa shape index (κ1) is 21.2. The van der Waals surface area contributed by atoms with E-state index in [-0.39, 0.29) is 13.2 Å². The van der Waals surface area contributed by atoms with E-state index >= 15 is 0 Å². The minimum atomic E-state index is -3.48. The maximum atomic E-state index is 13.6. The number of methoxy groups -OCH3 is 1. The predicted octanol–water partition coefficient (Wildman–Crippen LogP) is 5.99. The van der Waals surface area contributed by atoms with Gasteiger partial charge >= 0.3 is 7.60 Å². The van der Waals surface area contributed by atoms with Gasteiger partial charge < -0.3 is 19.1 Å². The topological polar surface area (TPSA) is 56.8 Å². The number of rotatable bonds is 9. The molecule has 142 valence electrons. The van der Waals surface area contributed by atoms with E-state index in [1.165, 1.54) is 0 Å². The van der Waals surface area contributed by atoms with Crippen LogP contribution in [0.5, 0.6) is 5.75 Å². The Bertz CT molecular complexity index is 774. The van der Waals surface area contributed by atoms with Gasteiger partial charge in [0.25, 0.3) is 0 Å². The molecule has 0 spiro atoms. The largest absolute Gasteiger partial charge is 0.496 e. The summed E-state index contributed by atoms with van der Waals surface area (Å²) in [5.41, 5.74) is 2.66. The minimum Gasteiger partial charge on any atom is -0.496 e. The lowest BCUT2D eigenvalue weighted by atomic mass is 10.1. The van der Waals surface area contributed by atoms with E-state index in [0.717, 1.165) is 20.4 Å². The highest BCUT2D eigenvalue weighted by Crippen LogP contribution is 2.62. The summed E-state index contributed by atoms with van der Waals surface area (Å²) in [5, 5.41) is 3.38. The summed E-state index contributed by atoms with van der Waals surface area (Å²) in [5.74, 6) is -0.0508. The summed E-state index contributed by atoms with van der Waals surface area (Å²) in [7, 11) is -1.89. The van der Waals surface area contributed by atoms with Crippen molar-refractivity contribution >= 4 is 35.9 Å². The molecule has 0 aliphatic rings. The summed E-state index contributed by atoms with van der Waals surface area (Å²) < 4.78 is 31.5. The molecule has 26 heavy (non-hydrogen) atoms. The quantitative estimate of drug-likeness (QED) is 0.347. The molecule has 1 atom stereocenters. The number of nitrogens with one attached hydrogen (secondary N) is 1. The smallest absolute Gasteiger partial charge is 0.357 e. The average Bonchev–Trinajstić information content (AvgIpc) is 2.61. The Morgan fingerprint density at radius 1 is 1.12 bits per heavy atom. The van der Waals surface area contributed by atoms with Crippen LogP contribution in [0.4, 0.5) is 5.69 Å². The Morgan fingerprint density at radius 2 is 1.77 bits per heavy atom. The fourth-order valence-electron chi connectivity index (χ4n) is 2.70. The van der Waals surface area contributed by atoms with Gasteiger partial charge in [-0.2, -0.15) is 0 Å². The van der Waals surface area contributed by atoms with Crippen LogP contribution in [0, 0.1) is 10.5 Å². The Kier molecular flexibility index (Phi) is 7.95. The van der Waals surface area contributed by atoms with E-state index in [0.29, 0.717) is 5.75 Å². The van der Waals surface area contributed by atoms with Crippen LogP contribution in [0.1, 0.15) is 30.8 Å². The van der Waals surface area contributed by atoms with Gasteiger partial charge in [0.15, 0.2) is 5.78 Å². The van der Waals surface area contributed by atoms with Crippen molar-refractivity contribution in [3.8, 4) is 5.75 Å². The van der Waals surface area contributed by atoms with Crippen LogP contribution in [0.2, 0.25) is 0 Å². The maximum Gasteiger partial charge on any atom is 0.357 e. The van der Waals surface area contributed by atoms with Crippen LogP contribution in [0.3, 0.4) is 0 Å². The van der Waals surface area contributed by atoms with Gasteiger partial charge in [-0.3, -0.25) is 4.57 Å². The lowest BCUT2D eigenvalue weighted by molar-refractivity contribution is 0.213. The fourth-order valence-corrected chi connectivity index (χ4v) is 5.29. The van der Waals surface area contributed by atoms with Crippen molar-refractivity contribution in [1.29, 1.82) is 0 Å². The van der Waals surface area contributed by atoms with Gasteiger partial charge in [-0.15, -0.1) is 0 Å². The molecule has 0 bridgehead atoms. The minimum absolute atomic E-state index is 0.288. The summed E-state index contributed by atoms with van der Waals surface area (Å²) in [6.07, 6.45) is 0. The molecule has 0 fully saturated rings. The average molecular weight is 489 g/mol. The van der Waals surface area contributed by atoms with Crippen molar-refractivity contribution < 1.29 is 18.3 Å². The van der Waals surface area contributed by atoms with E-state index in [1.807, 2.05) is 43.3 Å². The van der Waals surface area contributed by atoms with E-state index < -0.39 is 13.4 Å². The molecular weight excluding hydrogens is 464 g/mol. The Balaban J connectivity index is 2.55. The van der Waals surface area contributed by atoms with Gasteiger partial charge in [-0.1, -0.05) is 18.2 Å². The lowest BCUT2D eigenvalue weighted by Crippen LogP contribution is -2.16. The number of aryl methyl sites for hydroxylation is 1. The fraction of sp³-hybridized carbons (Fsp3) is 0.368. The molecule has 5 nitrogen and oxygen atoms in total. The molecule has 1 unspecified atom stereocenters. The predicted molar refractivity (Wildman–Crippen MR) is 114 cm³/mol. The number of anilines is 1. The van der Waals surface area contributed by atoms with E-state index in [9.17, 15) is 4.57 Å². The van der Waals surface area contributed by atoms with Crippen LogP contribution in [0.25, 0.3) is 0 Å². The lowest BCUT2D eigenvalue weighted by Gasteiger charge is -2.29. The first-order chi connectivity index (χ1) is 12.4. The van der Waals surface area contributed by atoms with Gasteiger partial charge in [0.05, 0.1) is 20.3 Å². The van der Waals surface area contributed by atoms with Gasteiger partial charge in [0.1, 0.15) is 5.75 Å². The van der Waals surface area contributed by atoms with E-state index in [1.54, 1.807) is 21.0 Å². The molecule has 0 heterocycles. The summed E-state index contributed by atoms with van der Waals surface area (Å²) in [6.45, 7) is 6.20. The van der Waals surface area contributed by atoms with Crippen molar-refractivity contribution in [1.82, 2.24) is 0 Å². The molecule has 0 amide bonds. The molecule has 7 heteroatoms. The van der Waals surface area contributed by atoms with Crippen LogP contribution in [0.15, 0.2) is 42.5 Å². The van der Waals surface area contributed by atoms with Crippen molar-refractivity contribution in [3.63, 3.8) is 0 Å². The normalized spacial score (nSPS) is 12.7. The Hall–Kier alpha value is -1.08. The highest BCUT2D eigenvalue weighted by Gasteiger charge is 2.39. The standard InChI is InChI=1S/C19H25INO4P/c1-5-24-26(22,25-6-2)19(16-9-7-8-10-18(16)23-4)21-17-12-11-15(20)13-14(17)3/h7-13,19,21H,5-6H2,1-4H3. The van der Waals surface area contributed by atoms with Crippen LogP contribution in [-0.4, -0.2) is 20.3 Å². The van der Waals surface area contributed by atoms with Gasteiger partial charge in [-0.05, 0) is 73.2 Å². The molecule has 0 saturated heterocycles. The third-order valence-electron chi connectivity index (χ3n) is 3.85. The first-order valence-electron chi connectivity index (χ1n) is 8.49. The van der Waals surface area contributed by atoms with Gasteiger partial charge in [-0.25, -0.2) is 0 Å². The molecular formula is C19H25INO4P. The zero-order valence-corrected chi connectivity index (χ0v) is 18.5. The number of benzene rings is 2. The van der Waals surface area contributed by atoms with Crippen LogP contribution >= 0.6 is 30.2 Å². The first-order valence-corrected chi connectivity index (χ1v) is 11.2. The van der Waals surface area contributed by atoms with Gasteiger partial charge in [0, 0.05) is 14.8 Å². The molecule has 0 saturated carbocycles. The maximum absolute atomic E-state index is 13.6. The molecule has 0 aromatic heterocycles. The zero-order chi connectivity index (χ0) is 19.2. The third-order valence-corrected chi connectivity index (χ3v) is 6.80. The molecule has 1 N–H and O–H groups in total. The second kappa shape index (κ2) is 9.74. The molecule has 0 aliphatic carbocycles. The number of ether oxygens (including phenoxy) is 1. The van der Waals surface area contributed by atoms with E-state index in [4.69, 9.17) is 13.8 Å². The number of hydrogen-bond acceptors (Lipinski definition) is 5. The second-order valence-corrected chi connectivity index (χ2v) is 8.98. The summed E-state index contributed by atoms with van der Waals surface area (Å²) >= 11 is 2.27. The molecule has 2 aromatic rings. The molecule has 2 aromatic carbocycles. The molecule has 0 aliphatic heterocycles. The summed E-state index contributed by atoms with van der Waals surface area (Å²) in [6, 6.07) is 13.5. The van der Waals surface area contributed by atoms with Crippen molar-refractivity contribution in [3.05, 3.63) is 57.2 Å². The highest BCUT2D eigenvalue weighted by molar-refractivity contribution is 14.1. The number of hydrogen-bond donors (Lipinski definition) is 1. The Morgan fingerprint density at radius 3 is 2.35 bits per heavy atom. The van der Waals surface area contributed by atoms with E-state index in [2.05, 4.69) is 34.0 Å². The van der Waals surface area contributed by atoms with Gasteiger partial charge in [0.2, 0.25) is 0 Å².